The number of carbonyl (C=O) groups is 1. The van der Waals surface area contributed by atoms with Gasteiger partial charge in [-0.1, -0.05) is 6.07 Å². The van der Waals surface area contributed by atoms with Crippen molar-refractivity contribution in [2.75, 3.05) is 13.7 Å². The molecule has 2 N–H and O–H groups in total. The highest BCUT2D eigenvalue weighted by atomic mass is 35.5. The van der Waals surface area contributed by atoms with Gasteiger partial charge in [-0.2, -0.15) is 5.10 Å². The standard InChI is InChI=1S/C16H21FN4O2.ClH/c1-11(10-23-14-6-4-5-13(17)7-14)20-16(22)15(18-2)12-8-19-21(3)9-12;/h4-9,11,15,18H,10H2,1-3H3,(H,20,22);1H. The van der Waals surface area contributed by atoms with Crippen LogP contribution in [0.5, 0.6) is 5.75 Å². The summed E-state index contributed by atoms with van der Waals surface area (Å²) >= 11 is 0. The lowest BCUT2D eigenvalue weighted by Crippen LogP contribution is -2.42. The average Bonchev–Trinajstić information content (AvgIpc) is 2.92. The molecular formula is C16H22ClFN4O2. The fraction of sp³-hybridized carbons (Fsp3) is 0.375. The van der Waals surface area contributed by atoms with Crippen LogP contribution in [0.25, 0.3) is 0 Å². The molecule has 0 bridgehead atoms. The Morgan fingerprint density at radius 3 is 2.79 bits per heavy atom. The van der Waals surface area contributed by atoms with Crippen LogP contribution in [-0.2, 0) is 11.8 Å². The molecule has 1 amide bonds. The van der Waals surface area contributed by atoms with E-state index in [9.17, 15) is 9.18 Å². The second kappa shape index (κ2) is 9.24. The van der Waals surface area contributed by atoms with Gasteiger partial charge in [0.25, 0.3) is 0 Å². The molecule has 8 heteroatoms. The van der Waals surface area contributed by atoms with Crippen molar-refractivity contribution < 1.29 is 13.9 Å². The molecular weight excluding hydrogens is 335 g/mol. The number of amides is 1. The number of nitrogens with one attached hydrogen (secondary N) is 2. The molecule has 0 fully saturated rings. The molecule has 132 valence electrons. The van der Waals surface area contributed by atoms with E-state index in [1.807, 2.05) is 6.92 Å². The molecule has 6 nitrogen and oxygen atoms in total. The highest BCUT2D eigenvalue weighted by Crippen LogP contribution is 2.13. The summed E-state index contributed by atoms with van der Waals surface area (Å²) in [5, 5.41) is 9.90. The Labute approximate surface area is 146 Å². The number of aryl methyl sites for hydroxylation is 1. The molecule has 1 heterocycles. The maximum atomic E-state index is 13.1. The molecule has 2 atom stereocenters. The maximum absolute atomic E-state index is 13.1. The predicted molar refractivity (Wildman–Crippen MR) is 91.8 cm³/mol. The second-order valence-corrected chi connectivity index (χ2v) is 5.35. The van der Waals surface area contributed by atoms with Crippen LogP contribution in [0.1, 0.15) is 18.5 Å². The van der Waals surface area contributed by atoms with Crippen molar-refractivity contribution in [1.82, 2.24) is 20.4 Å². The van der Waals surface area contributed by atoms with Gasteiger partial charge < -0.3 is 15.4 Å². The van der Waals surface area contributed by atoms with Crippen LogP contribution in [0.2, 0.25) is 0 Å². The third-order valence-corrected chi connectivity index (χ3v) is 3.29. The first-order chi connectivity index (χ1) is 11.0. The Balaban J connectivity index is 0.00000288. The van der Waals surface area contributed by atoms with Crippen molar-refractivity contribution in [3.8, 4) is 5.75 Å². The Hall–Kier alpha value is -2.12. The first kappa shape index (κ1) is 19.9. The fourth-order valence-corrected chi connectivity index (χ4v) is 2.18. The Bertz CT molecular complexity index is 665. The second-order valence-electron chi connectivity index (χ2n) is 5.35. The van der Waals surface area contributed by atoms with Crippen molar-refractivity contribution in [3.63, 3.8) is 0 Å². The molecule has 0 aliphatic carbocycles. The van der Waals surface area contributed by atoms with Gasteiger partial charge in [0.2, 0.25) is 5.91 Å². The summed E-state index contributed by atoms with van der Waals surface area (Å²) in [6, 6.07) is 5.19. The van der Waals surface area contributed by atoms with Gasteiger partial charge in [0.1, 0.15) is 24.2 Å². The minimum atomic E-state index is -0.486. The van der Waals surface area contributed by atoms with E-state index in [2.05, 4.69) is 15.7 Å². The van der Waals surface area contributed by atoms with Crippen molar-refractivity contribution in [3.05, 3.63) is 48.0 Å². The summed E-state index contributed by atoms with van der Waals surface area (Å²) in [6.07, 6.45) is 3.43. The number of nitrogens with zero attached hydrogens (tertiary/aromatic N) is 2. The predicted octanol–water partition coefficient (Wildman–Crippen LogP) is 1.83. The quantitative estimate of drug-likeness (QED) is 0.794. The van der Waals surface area contributed by atoms with Crippen molar-refractivity contribution in [1.29, 1.82) is 0 Å². The van der Waals surface area contributed by atoms with Crippen molar-refractivity contribution >= 4 is 18.3 Å². The number of halogens is 2. The number of benzene rings is 1. The first-order valence-corrected chi connectivity index (χ1v) is 7.34. The summed E-state index contributed by atoms with van der Waals surface area (Å²) in [5.74, 6) is -0.0922. The summed E-state index contributed by atoms with van der Waals surface area (Å²) in [6.45, 7) is 2.08. The topological polar surface area (TPSA) is 68.2 Å². The molecule has 1 aromatic carbocycles. The van der Waals surface area contributed by atoms with Gasteiger partial charge in [0.15, 0.2) is 0 Å². The normalized spacial score (nSPS) is 12.8. The third-order valence-electron chi connectivity index (χ3n) is 3.29. The van der Waals surface area contributed by atoms with Crippen LogP contribution in [0.4, 0.5) is 4.39 Å². The molecule has 0 radical (unpaired) electrons. The SMILES string of the molecule is CNC(C(=O)NC(C)COc1cccc(F)c1)c1cnn(C)c1.Cl. The van der Waals surface area contributed by atoms with Gasteiger partial charge in [-0.3, -0.25) is 9.48 Å². The monoisotopic (exact) mass is 356 g/mol. The van der Waals surface area contributed by atoms with Crippen LogP contribution >= 0.6 is 12.4 Å². The van der Waals surface area contributed by atoms with E-state index < -0.39 is 6.04 Å². The lowest BCUT2D eigenvalue weighted by Gasteiger charge is -2.19. The number of likely N-dealkylation sites (N-methyl/N-ethyl adjacent to an activating group) is 1. The molecule has 2 aromatic rings. The number of hydrogen-bond donors (Lipinski definition) is 2. The molecule has 0 aliphatic rings. The molecule has 0 spiro atoms. The molecule has 0 aliphatic heterocycles. The van der Waals surface area contributed by atoms with Gasteiger partial charge in [0.05, 0.1) is 12.2 Å². The Kier molecular flexibility index (Phi) is 7.67. The van der Waals surface area contributed by atoms with E-state index in [-0.39, 0.29) is 36.8 Å². The van der Waals surface area contributed by atoms with Crippen LogP contribution in [0.3, 0.4) is 0 Å². The number of aromatic nitrogens is 2. The minimum absolute atomic E-state index is 0. The molecule has 0 saturated carbocycles. The minimum Gasteiger partial charge on any atom is -0.491 e. The zero-order valence-electron chi connectivity index (χ0n) is 13.8. The van der Waals surface area contributed by atoms with Crippen molar-refractivity contribution in [2.45, 2.75) is 19.0 Å². The van der Waals surface area contributed by atoms with E-state index in [0.29, 0.717) is 5.75 Å². The van der Waals surface area contributed by atoms with Crippen LogP contribution < -0.4 is 15.4 Å². The maximum Gasteiger partial charge on any atom is 0.242 e. The van der Waals surface area contributed by atoms with Gasteiger partial charge in [-0.25, -0.2) is 4.39 Å². The number of hydrogen-bond acceptors (Lipinski definition) is 4. The zero-order valence-corrected chi connectivity index (χ0v) is 14.6. The summed E-state index contributed by atoms with van der Waals surface area (Å²) in [5.41, 5.74) is 0.783. The van der Waals surface area contributed by atoms with E-state index >= 15 is 0 Å². The van der Waals surface area contributed by atoms with Gasteiger partial charge >= 0.3 is 0 Å². The van der Waals surface area contributed by atoms with E-state index in [0.717, 1.165) is 5.56 Å². The van der Waals surface area contributed by atoms with E-state index in [1.54, 1.807) is 43.3 Å². The first-order valence-electron chi connectivity index (χ1n) is 7.34. The van der Waals surface area contributed by atoms with Crippen LogP contribution in [0.15, 0.2) is 36.7 Å². The molecule has 2 rings (SSSR count). The highest BCUT2D eigenvalue weighted by Gasteiger charge is 2.21. The van der Waals surface area contributed by atoms with Crippen LogP contribution in [-0.4, -0.2) is 35.4 Å². The number of carbonyl (C=O) groups excluding carboxylic acids is 1. The Morgan fingerprint density at radius 2 is 2.21 bits per heavy atom. The smallest absolute Gasteiger partial charge is 0.242 e. The van der Waals surface area contributed by atoms with Gasteiger partial charge in [0, 0.05) is 24.9 Å². The van der Waals surface area contributed by atoms with Gasteiger partial charge in [-0.05, 0) is 26.1 Å². The third kappa shape index (κ3) is 5.50. The zero-order chi connectivity index (χ0) is 16.8. The number of ether oxygens (including phenoxy) is 1. The average molecular weight is 357 g/mol. The summed E-state index contributed by atoms with van der Waals surface area (Å²) in [7, 11) is 3.51. The van der Waals surface area contributed by atoms with Crippen LogP contribution in [0, 0.1) is 5.82 Å². The lowest BCUT2D eigenvalue weighted by atomic mass is 10.1. The lowest BCUT2D eigenvalue weighted by molar-refractivity contribution is -0.124. The van der Waals surface area contributed by atoms with E-state index in [4.69, 9.17) is 4.74 Å². The molecule has 2 unspecified atom stereocenters. The molecule has 1 aromatic heterocycles. The fourth-order valence-electron chi connectivity index (χ4n) is 2.18. The van der Waals surface area contributed by atoms with E-state index in [1.165, 1.54) is 12.1 Å². The molecule has 0 saturated heterocycles. The van der Waals surface area contributed by atoms with Gasteiger partial charge in [-0.15, -0.1) is 12.4 Å². The molecule has 24 heavy (non-hydrogen) atoms. The van der Waals surface area contributed by atoms with Crippen molar-refractivity contribution in [2.24, 2.45) is 7.05 Å². The highest BCUT2D eigenvalue weighted by molar-refractivity contribution is 5.85. The largest absolute Gasteiger partial charge is 0.491 e. The number of rotatable bonds is 7. The summed E-state index contributed by atoms with van der Waals surface area (Å²) < 4.78 is 20.2. The Morgan fingerprint density at radius 1 is 1.46 bits per heavy atom. The summed E-state index contributed by atoms with van der Waals surface area (Å²) in [4.78, 5) is 12.3.